The molecule has 4 rings (SSSR count). The summed E-state index contributed by atoms with van der Waals surface area (Å²) >= 11 is 1.39. The first-order chi connectivity index (χ1) is 11.7. The van der Waals surface area contributed by atoms with Crippen molar-refractivity contribution in [2.75, 3.05) is 16.8 Å². The number of nitrogens with zero attached hydrogens (tertiary/aromatic N) is 5. The molecule has 3 heterocycles. The minimum atomic E-state index is -0.224. The highest BCUT2D eigenvalue weighted by Crippen LogP contribution is 2.22. The average Bonchev–Trinajstić information content (AvgIpc) is 3.26. The highest BCUT2D eigenvalue weighted by Gasteiger charge is 2.26. The van der Waals surface area contributed by atoms with Crippen LogP contribution in [0.5, 0.6) is 0 Å². The molecule has 1 aliphatic heterocycles. The van der Waals surface area contributed by atoms with Crippen LogP contribution < -0.4 is 10.2 Å². The van der Waals surface area contributed by atoms with Crippen LogP contribution in [0.4, 0.5) is 15.9 Å². The number of benzene rings is 1. The van der Waals surface area contributed by atoms with Crippen molar-refractivity contribution >= 4 is 28.4 Å². The van der Waals surface area contributed by atoms with Crippen LogP contribution in [0.1, 0.15) is 16.1 Å². The molecule has 0 saturated carbocycles. The summed E-state index contributed by atoms with van der Waals surface area (Å²) < 4.78 is 1.95. The highest BCUT2D eigenvalue weighted by atomic mass is 32.1. The van der Waals surface area contributed by atoms with Crippen LogP contribution in [0.15, 0.2) is 36.7 Å². The second-order valence-corrected chi connectivity index (χ2v) is 6.73. The van der Waals surface area contributed by atoms with Crippen molar-refractivity contribution in [1.82, 2.24) is 19.7 Å². The number of fused-ring (bicyclic) bond motifs is 1. The second kappa shape index (κ2) is 6.04. The molecule has 0 aliphatic carbocycles. The summed E-state index contributed by atoms with van der Waals surface area (Å²) in [5, 5.41) is 12.4. The van der Waals surface area contributed by atoms with Gasteiger partial charge in [0, 0.05) is 31.9 Å². The molecule has 0 saturated heterocycles. The molecule has 122 valence electrons. The van der Waals surface area contributed by atoms with Gasteiger partial charge in [-0.3, -0.25) is 10.2 Å². The SMILES string of the molecule is Cc1ccc(Cc2nnc(NC(=O)N3CCn4ccnc43)s2)cc1. The summed E-state index contributed by atoms with van der Waals surface area (Å²) in [6, 6.07) is 8.10. The zero-order chi connectivity index (χ0) is 16.5. The maximum absolute atomic E-state index is 12.4. The van der Waals surface area contributed by atoms with Gasteiger partial charge in [-0.15, -0.1) is 10.2 Å². The maximum Gasteiger partial charge on any atom is 0.330 e. The van der Waals surface area contributed by atoms with Gasteiger partial charge in [-0.05, 0) is 12.5 Å². The minimum absolute atomic E-state index is 0.224. The summed E-state index contributed by atoms with van der Waals surface area (Å²) in [6.45, 7) is 3.44. The predicted octanol–water partition coefficient (Wildman–Crippen LogP) is 2.69. The minimum Gasteiger partial charge on any atom is -0.315 e. The molecule has 2 aromatic heterocycles. The lowest BCUT2D eigenvalue weighted by Gasteiger charge is -2.13. The molecule has 3 aromatic rings. The molecule has 0 fully saturated rings. The number of hydrogen-bond acceptors (Lipinski definition) is 5. The number of aromatic nitrogens is 4. The van der Waals surface area contributed by atoms with E-state index in [4.69, 9.17) is 0 Å². The summed E-state index contributed by atoms with van der Waals surface area (Å²) in [6.07, 6.45) is 4.27. The molecule has 24 heavy (non-hydrogen) atoms. The van der Waals surface area contributed by atoms with Crippen molar-refractivity contribution in [3.63, 3.8) is 0 Å². The fourth-order valence-electron chi connectivity index (χ4n) is 2.64. The van der Waals surface area contributed by atoms with Gasteiger partial charge in [0.2, 0.25) is 11.1 Å². The first-order valence-electron chi connectivity index (χ1n) is 7.66. The molecular weight excluding hydrogens is 324 g/mol. The third-order valence-corrected chi connectivity index (χ3v) is 4.74. The Morgan fingerprint density at radius 3 is 2.92 bits per heavy atom. The van der Waals surface area contributed by atoms with Crippen molar-refractivity contribution in [1.29, 1.82) is 0 Å². The normalized spacial score (nSPS) is 13.1. The number of nitrogens with one attached hydrogen (secondary N) is 1. The van der Waals surface area contributed by atoms with E-state index in [2.05, 4.69) is 51.7 Å². The molecule has 0 bridgehead atoms. The van der Waals surface area contributed by atoms with Crippen LogP contribution in [0.2, 0.25) is 0 Å². The molecule has 0 atom stereocenters. The maximum atomic E-state index is 12.4. The molecule has 1 aromatic carbocycles. The number of carbonyl (C=O) groups is 1. The zero-order valence-electron chi connectivity index (χ0n) is 13.1. The van der Waals surface area contributed by atoms with Crippen molar-refractivity contribution < 1.29 is 4.79 Å². The first kappa shape index (κ1) is 14.8. The van der Waals surface area contributed by atoms with Gasteiger partial charge < -0.3 is 4.57 Å². The lowest BCUT2D eigenvalue weighted by atomic mass is 10.1. The van der Waals surface area contributed by atoms with Crippen molar-refractivity contribution in [2.45, 2.75) is 19.9 Å². The van der Waals surface area contributed by atoms with Crippen molar-refractivity contribution in [3.8, 4) is 0 Å². The second-order valence-electron chi connectivity index (χ2n) is 5.67. The molecule has 2 amide bonds. The molecule has 0 unspecified atom stereocenters. The molecule has 7 nitrogen and oxygen atoms in total. The van der Waals surface area contributed by atoms with Crippen LogP contribution >= 0.6 is 11.3 Å². The van der Waals surface area contributed by atoms with E-state index < -0.39 is 0 Å². The molecule has 0 radical (unpaired) electrons. The highest BCUT2D eigenvalue weighted by molar-refractivity contribution is 7.15. The number of hydrogen-bond donors (Lipinski definition) is 1. The molecule has 1 aliphatic rings. The van der Waals surface area contributed by atoms with E-state index in [-0.39, 0.29) is 6.03 Å². The van der Waals surface area contributed by atoms with E-state index in [1.54, 1.807) is 11.1 Å². The van der Waals surface area contributed by atoms with E-state index in [0.717, 1.165) is 11.6 Å². The van der Waals surface area contributed by atoms with E-state index in [9.17, 15) is 4.79 Å². The van der Waals surface area contributed by atoms with Gasteiger partial charge >= 0.3 is 6.03 Å². The number of amides is 2. The Morgan fingerprint density at radius 2 is 2.08 bits per heavy atom. The van der Waals surface area contributed by atoms with Gasteiger partial charge in [0.1, 0.15) is 5.01 Å². The Bertz CT molecular complexity index is 869. The Balaban J connectivity index is 1.42. The quantitative estimate of drug-likeness (QED) is 0.795. The standard InChI is InChI=1S/C16H16N6OS/c1-11-2-4-12(5-3-11)10-13-19-20-14(24-13)18-16(23)22-9-8-21-7-6-17-15(21)22/h2-7H,8-10H2,1H3,(H,18,20,23). The van der Waals surface area contributed by atoms with E-state index in [1.807, 2.05) is 10.8 Å². The molecular formula is C16H16N6OS. The summed E-state index contributed by atoms with van der Waals surface area (Å²) in [4.78, 5) is 18.2. The van der Waals surface area contributed by atoms with E-state index >= 15 is 0 Å². The van der Waals surface area contributed by atoms with Crippen molar-refractivity contribution in [2.24, 2.45) is 0 Å². The lowest BCUT2D eigenvalue weighted by Crippen LogP contribution is -2.33. The Hall–Kier alpha value is -2.74. The Kier molecular flexibility index (Phi) is 3.73. The van der Waals surface area contributed by atoms with Gasteiger partial charge in [-0.2, -0.15) is 0 Å². The topological polar surface area (TPSA) is 75.9 Å². The van der Waals surface area contributed by atoms with Crippen LogP contribution in [-0.2, 0) is 13.0 Å². The van der Waals surface area contributed by atoms with Crippen LogP contribution in [0.25, 0.3) is 0 Å². The molecule has 1 N–H and O–H groups in total. The molecule has 0 spiro atoms. The Labute approximate surface area is 143 Å². The van der Waals surface area contributed by atoms with Gasteiger partial charge in [-0.25, -0.2) is 9.78 Å². The van der Waals surface area contributed by atoms with Crippen molar-refractivity contribution in [3.05, 3.63) is 52.8 Å². The fraction of sp³-hybridized carbons (Fsp3) is 0.250. The lowest BCUT2D eigenvalue weighted by molar-refractivity contribution is 0.257. The van der Waals surface area contributed by atoms with Gasteiger partial charge in [-0.1, -0.05) is 41.2 Å². The zero-order valence-corrected chi connectivity index (χ0v) is 14.0. The van der Waals surface area contributed by atoms with Crippen LogP contribution in [0.3, 0.4) is 0 Å². The fourth-order valence-corrected chi connectivity index (χ4v) is 3.40. The predicted molar refractivity (Wildman–Crippen MR) is 92.5 cm³/mol. The van der Waals surface area contributed by atoms with Gasteiger partial charge in [0.25, 0.3) is 0 Å². The smallest absolute Gasteiger partial charge is 0.315 e. The number of aryl methyl sites for hydroxylation is 1. The number of carbonyl (C=O) groups excluding carboxylic acids is 1. The number of anilines is 2. The number of urea groups is 1. The summed E-state index contributed by atoms with van der Waals surface area (Å²) in [7, 11) is 0. The summed E-state index contributed by atoms with van der Waals surface area (Å²) in [5.74, 6) is 0.664. The monoisotopic (exact) mass is 340 g/mol. The largest absolute Gasteiger partial charge is 0.330 e. The third-order valence-electron chi connectivity index (χ3n) is 3.90. The summed E-state index contributed by atoms with van der Waals surface area (Å²) in [5.41, 5.74) is 2.41. The average molecular weight is 340 g/mol. The number of rotatable bonds is 3. The van der Waals surface area contributed by atoms with Gasteiger partial charge in [0.05, 0.1) is 0 Å². The van der Waals surface area contributed by atoms with E-state index in [0.29, 0.717) is 24.0 Å². The van der Waals surface area contributed by atoms with E-state index in [1.165, 1.54) is 22.5 Å². The molecule has 8 heteroatoms. The third kappa shape index (κ3) is 2.88. The van der Waals surface area contributed by atoms with Gasteiger partial charge in [0.15, 0.2) is 0 Å². The first-order valence-corrected chi connectivity index (χ1v) is 8.48. The number of imidazole rings is 1. The Morgan fingerprint density at radius 1 is 1.25 bits per heavy atom. The van der Waals surface area contributed by atoms with Crippen LogP contribution in [0, 0.1) is 6.92 Å². The van der Waals surface area contributed by atoms with Crippen LogP contribution in [-0.4, -0.2) is 32.3 Å².